The lowest BCUT2D eigenvalue weighted by atomic mass is 9.95. The lowest BCUT2D eigenvalue weighted by Gasteiger charge is -2.39. The first-order chi connectivity index (χ1) is 5.62. The van der Waals surface area contributed by atoms with Crippen molar-refractivity contribution in [2.45, 2.75) is 31.8 Å². The van der Waals surface area contributed by atoms with Crippen LogP contribution in [0, 0.1) is 0 Å². The van der Waals surface area contributed by atoms with Gasteiger partial charge in [0.1, 0.15) is 0 Å². The van der Waals surface area contributed by atoms with E-state index >= 15 is 0 Å². The van der Waals surface area contributed by atoms with E-state index < -0.39 is 0 Å². The average Bonchev–Trinajstić information content (AvgIpc) is 2.52. The molecule has 1 unspecified atom stereocenters. The van der Waals surface area contributed by atoms with Crippen LogP contribution in [0.2, 0.25) is 0 Å². The van der Waals surface area contributed by atoms with Crippen LogP contribution in [0.25, 0.3) is 0 Å². The number of hydrogen-bond acceptors (Lipinski definition) is 3. The quantitative estimate of drug-likeness (QED) is 0.671. The summed E-state index contributed by atoms with van der Waals surface area (Å²) in [4.78, 5) is 2.33. The maximum absolute atomic E-state index is 5.79. The molecule has 1 fully saturated rings. The van der Waals surface area contributed by atoms with Crippen LogP contribution in [0.15, 0.2) is 0 Å². The monoisotopic (exact) mass is 172 g/mol. The molecule has 1 atom stereocenters. The van der Waals surface area contributed by atoms with Crippen molar-refractivity contribution in [2.24, 2.45) is 5.73 Å². The Morgan fingerprint density at radius 1 is 1.58 bits per heavy atom. The molecule has 0 aliphatic carbocycles. The summed E-state index contributed by atoms with van der Waals surface area (Å²) in [6.07, 6.45) is 1.07. The van der Waals surface area contributed by atoms with Gasteiger partial charge < -0.3 is 10.5 Å². The third kappa shape index (κ3) is 1.63. The Bertz CT molecular complexity index is 141. The van der Waals surface area contributed by atoms with Gasteiger partial charge in [0.2, 0.25) is 0 Å². The van der Waals surface area contributed by atoms with E-state index in [2.05, 4.69) is 25.8 Å². The van der Waals surface area contributed by atoms with Crippen molar-refractivity contribution in [2.75, 3.05) is 26.8 Å². The largest absolute Gasteiger partial charge is 0.379 e. The minimum atomic E-state index is 0.105. The van der Waals surface area contributed by atoms with Gasteiger partial charge in [-0.05, 0) is 27.3 Å². The maximum atomic E-state index is 5.79. The van der Waals surface area contributed by atoms with Gasteiger partial charge in [-0.3, -0.25) is 4.90 Å². The van der Waals surface area contributed by atoms with Gasteiger partial charge in [0.25, 0.3) is 0 Å². The number of nitrogens with zero attached hydrogens (tertiary/aromatic N) is 1. The first-order valence-corrected chi connectivity index (χ1v) is 4.63. The molecule has 0 aromatic carbocycles. The van der Waals surface area contributed by atoms with E-state index in [9.17, 15) is 0 Å². The zero-order valence-corrected chi connectivity index (χ0v) is 8.34. The molecule has 0 aromatic rings. The van der Waals surface area contributed by atoms with Crippen LogP contribution in [0.3, 0.4) is 0 Å². The van der Waals surface area contributed by atoms with Crippen LogP contribution in [-0.2, 0) is 4.74 Å². The SMILES string of the molecule is CC(C)N(C)C1(CN)CCOC1. The van der Waals surface area contributed by atoms with Gasteiger partial charge in [0.15, 0.2) is 0 Å². The molecule has 0 amide bonds. The first kappa shape index (κ1) is 9.96. The Labute approximate surface area is 74.9 Å². The highest BCUT2D eigenvalue weighted by molar-refractivity contribution is 4.94. The molecular formula is C9H20N2O. The second-order valence-corrected chi connectivity index (χ2v) is 3.94. The van der Waals surface area contributed by atoms with Crippen LogP contribution in [0.4, 0.5) is 0 Å². The fraction of sp³-hybridized carbons (Fsp3) is 1.00. The molecule has 72 valence electrons. The zero-order chi connectivity index (χ0) is 9.19. The van der Waals surface area contributed by atoms with Gasteiger partial charge in [-0.25, -0.2) is 0 Å². The first-order valence-electron chi connectivity index (χ1n) is 4.63. The summed E-state index contributed by atoms with van der Waals surface area (Å²) in [5.41, 5.74) is 5.89. The van der Waals surface area contributed by atoms with Crippen molar-refractivity contribution < 1.29 is 4.74 Å². The predicted octanol–water partition coefficient (Wildman–Crippen LogP) is 0.444. The predicted molar refractivity (Wildman–Crippen MR) is 50.1 cm³/mol. The van der Waals surface area contributed by atoms with Crippen molar-refractivity contribution in [3.8, 4) is 0 Å². The summed E-state index contributed by atoms with van der Waals surface area (Å²) in [6.45, 7) is 6.72. The summed E-state index contributed by atoms with van der Waals surface area (Å²) < 4.78 is 5.40. The van der Waals surface area contributed by atoms with Crippen molar-refractivity contribution in [1.29, 1.82) is 0 Å². The van der Waals surface area contributed by atoms with E-state index in [1.165, 1.54) is 0 Å². The Morgan fingerprint density at radius 3 is 2.58 bits per heavy atom. The molecule has 0 spiro atoms. The number of hydrogen-bond donors (Lipinski definition) is 1. The molecule has 1 rings (SSSR count). The van der Waals surface area contributed by atoms with Crippen molar-refractivity contribution in [3.63, 3.8) is 0 Å². The third-order valence-electron chi connectivity index (χ3n) is 2.99. The lowest BCUT2D eigenvalue weighted by molar-refractivity contribution is 0.0709. The second-order valence-electron chi connectivity index (χ2n) is 3.94. The van der Waals surface area contributed by atoms with Gasteiger partial charge in [-0.2, -0.15) is 0 Å². The molecule has 0 aromatic heterocycles. The third-order valence-corrected chi connectivity index (χ3v) is 2.99. The average molecular weight is 172 g/mol. The van der Waals surface area contributed by atoms with E-state index in [1.54, 1.807) is 0 Å². The Morgan fingerprint density at radius 2 is 2.25 bits per heavy atom. The van der Waals surface area contributed by atoms with E-state index in [1.807, 2.05) is 0 Å². The van der Waals surface area contributed by atoms with E-state index in [0.717, 1.165) is 19.6 Å². The van der Waals surface area contributed by atoms with Crippen molar-refractivity contribution in [1.82, 2.24) is 4.90 Å². The molecule has 2 N–H and O–H groups in total. The molecular weight excluding hydrogens is 152 g/mol. The zero-order valence-electron chi connectivity index (χ0n) is 8.34. The molecule has 1 aliphatic heterocycles. The van der Waals surface area contributed by atoms with Gasteiger partial charge in [0.05, 0.1) is 12.1 Å². The molecule has 0 bridgehead atoms. The number of likely N-dealkylation sites (N-methyl/N-ethyl adjacent to an activating group) is 1. The highest BCUT2D eigenvalue weighted by atomic mass is 16.5. The minimum absolute atomic E-state index is 0.105. The van der Waals surface area contributed by atoms with Crippen LogP contribution < -0.4 is 5.73 Å². The maximum Gasteiger partial charge on any atom is 0.0663 e. The Balaban J connectivity index is 2.65. The molecule has 1 aliphatic rings. The molecule has 0 radical (unpaired) electrons. The summed E-state index contributed by atoms with van der Waals surface area (Å²) in [5.74, 6) is 0. The molecule has 1 saturated heterocycles. The van der Waals surface area contributed by atoms with Crippen molar-refractivity contribution in [3.05, 3.63) is 0 Å². The highest BCUT2D eigenvalue weighted by Crippen LogP contribution is 2.25. The highest BCUT2D eigenvalue weighted by Gasteiger charge is 2.38. The summed E-state index contributed by atoms with van der Waals surface area (Å²) in [6, 6.07) is 0.537. The van der Waals surface area contributed by atoms with Crippen LogP contribution in [-0.4, -0.2) is 43.3 Å². The summed E-state index contributed by atoms with van der Waals surface area (Å²) >= 11 is 0. The van der Waals surface area contributed by atoms with Gasteiger partial charge in [-0.15, -0.1) is 0 Å². The standard InChI is InChI=1S/C9H20N2O/c1-8(2)11(3)9(6-10)4-5-12-7-9/h8H,4-7,10H2,1-3H3. The Kier molecular flexibility index (Phi) is 3.09. The van der Waals surface area contributed by atoms with Crippen LogP contribution >= 0.6 is 0 Å². The van der Waals surface area contributed by atoms with E-state index in [0.29, 0.717) is 12.6 Å². The second kappa shape index (κ2) is 3.73. The lowest BCUT2D eigenvalue weighted by Crippen LogP contribution is -2.55. The summed E-state index contributed by atoms with van der Waals surface area (Å²) in [5, 5.41) is 0. The normalized spacial score (nSPS) is 30.5. The smallest absolute Gasteiger partial charge is 0.0663 e. The topological polar surface area (TPSA) is 38.5 Å². The molecule has 12 heavy (non-hydrogen) atoms. The van der Waals surface area contributed by atoms with Gasteiger partial charge in [0, 0.05) is 19.2 Å². The van der Waals surface area contributed by atoms with Crippen LogP contribution in [0.5, 0.6) is 0 Å². The van der Waals surface area contributed by atoms with E-state index in [4.69, 9.17) is 10.5 Å². The number of rotatable bonds is 3. The van der Waals surface area contributed by atoms with E-state index in [-0.39, 0.29) is 5.54 Å². The number of ether oxygens (including phenoxy) is 1. The van der Waals surface area contributed by atoms with Crippen molar-refractivity contribution >= 4 is 0 Å². The summed E-state index contributed by atoms with van der Waals surface area (Å²) in [7, 11) is 2.13. The van der Waals surface area contributed by atoms with Gasteiger partial charge >= 0.3 is 0 Å². The van der Waals surface area contributed by atoms with Gasteiger partial charge in [-0.1, -0.05) is 0 Å². The number of nitrogens with two attached hydrogens (primary N) is 1. The molecule has 1 heterocycles. The Hall–Kier alpha value is -0.120. The van der Waals surface area contributed by atoms with Crippen LogP contribution in [0.1, 0.15) is 20.3 Å². The fourth-order valence-electron chi connectivity index (χ4n) is 1.73. The molecule has 0 saturated carbocycles. The minimum Gasteiger partial charge on any atom is -0.379 e. The molecule has 3 nitrogen and oxygen atoms in total. The molecule has 3 heteroatoms. The fourth-order valence-corrected chi connectivity index (χ4v) is 1.73.